The molecule has 1 aliphatic carbocycles. The summed E-state index contributed by atoms with van der Waals surface area (Å²) in [6, 6.07) is 0. The second-order valence-electron chi connectivity index (χ2n) is 6.33. The van der Waals surface area contributed by atoms with Crippen LogP contribution in [0.25, 0.3) is 0 Å². The van der Waals surface area contributed by atoms with E-state index in [2.05, 4.69) is 9.80 Å². The highest BCUT2D eigenvalue weighted by atomic mass is 16.5. The molecule has 1 atom stereocenters. The lowest BCUT2D eigenvalue weighted by molar-refractivity contribution is -0.143. The number of hydrogen-bond donors (Lipinski definition) is 0. The maximum Gasteiger partial charge on any atom is 0.243 e. The van der Waals surface area contributed by atoms with Crippen molar-refractivity contribution in [2.75, 3.05) is 33.3 Å². The highest BCUT2D eigenvalue weighted by Crippen LogP contribution is 2.39. The highest BCUT2D eigenvalue weighted by molar-refractivity contribution is 5.87. The quantitative estimate of drug-likeness (QED) is 0.778. The van der Waals surface area contributed by atoms with Gasteiger partial charge in [0.05, 0.1) is 6.10 Å². The van der Waals surface area contributed by atoms with Crippen LogP contribution in [0.3, 0.4) is 0 Å². The van der Waals surface area contributed by atoms with E-state index in [4.69, 9.17) is 4.74 Å². The second-order valence-corrected chi connectivity index (χ2v) is 6.33. The molecule has 3 fully saturated rings. The van der Waals surface area contributed by atoms with Crippen LogP contribution in [0.4, 0.5) is 0 Å². The lowest BCUT2D eigenvalue weighted by atomic mass is 9.93. The van der Waals surface area contributed by atoms with Crippen LogP contribution in [0, 0.1) is 0 Å². The van der Waals surface area contributed by atoms with Gasteiger partial charge in [-0.15, -0.1) is 0 Å². The first kappa shape index (κ1) is 13.4. The van der Waals surface area contributed by atoms with Crippen molar-refractivity contribution in [2.24, 2.45) is 0 Å². The van der Waals surface area contributed by atoms with Crippen LogP contribution < -0.4 is 0 Å². The van der Waals surface area contributed by atoms with Gasteiger partial charge in [0.25, 0.3) is 0 Å². The van der Waals surface area contributed by atoms with Crippen molar-refractivity contribution < 1.29 is 9.53 Å². The van der Waals surface area contributed by atoms with Gasteiger partial charge >= 0.3 is 0 Å². The molecule has 3 rings (SSSR count). The molecule has 1 unspecified atom stereocenters. The third-order valence-corrected chi connectivity index (χ3v) is 5.31. The summed E-state index contributed by atoms with van der Waals surface area (Å²) < 4.78 is 5.41. The fourth-order valence-electron chi connectivity index (χ4n) is 4.17. The predicted molar refractivity (Wildman–Crippen MR) is 74.0 cm³/mol. The maximum absolute atomic E-state index is 13.0. The third kappa shape index (κ3) is 2.29. The molecule has 0 bridgehead atoms. The number of methoxy groups -OCH3 is 1. The molecule has 0 aromatic rings. The van der Waals surface area contributed by atoms with Crippen molar-refractivity contribution in [1.29, 1.82) is 0 Å². The lowest BCUT2D eigenvalue weighted by Crippen LogP contribution is -2.57. The molecular weight excluding hydrogens is 240 g/mol. The number of likely N-dealkylation sites (tertiary alicyclic amines) is 2. The average molecular weight is 266 g/mol. The summed E-state index contributed by atoms with van der Waals surface area (Å²) in [6.07, 6.45) is 8.33. The number of amides is 1. The van der Waals surface area contributed by atoms with Crippen LogP contribution in [0.5, 0.6) is 0 Å². The Morgan fingerprint density at radius 1 is 1.11 bits per heavy atom. The van der Waals surface area contributed by atoms with Crippen LogP contribution in [0.1, 0.15) is 44.9 Å². The SMILES string of the molecule is COC1CCN(C(=O)C2(N3CCCC3)CCCC2)C1. The monoisotopic (exact) mass is 266 g/mol. The molecule has 2 heterocycles. The molecule has 1 amide bonds. The van der Waals surface area contributed by atoms with E-state index < -0.39 is 0 Å². The van der Waals surface area contributed by atoms with Gasteiger partial charge in [0.15, 0.2) is 0 Å². The van der Waals surface area contributed by atoms with Crippen LogP contribution in [-0.4, -0.2) is 60.6 Å². The number of nitrogens with zero attached hydrogens (tertiary/aromatic N) is 2. The average Bonchev–Trinajstić information content (AvgIpc) is 3.17. The van der Waals surface area contributed by atoms with Gasteiger partial charge in [0, 0.05) is 20.2 Å². The summed E-state index contributed by atoms with van der Waals surface area (Å²) in [5.74, 6) is 0.395. The van der Waals surface area contributed by atoms with E-state index in [0.717, 1.165) is 45.4 Å². The van der Waals surface area contributed by atoms with Crippen molar-refractivity contribution >= 4 is 5.91 Å². The molecule has 0 spiro atoms. The number of carbonyl (C=O) groups excluding carboxylic acids is 1. The molecule has 0 N–H and O–H groups in total. The molecule has 4 nitrogen and oxygen atoms in total. The van der Waals surface area contributed by atoms with E-state index in [1.54, 1.807) is 7.11 Å². The molecule has 0 aromatic heterocycles. The molecule has 19 heavy (non-hydrogen) atoms. The van der Waals surface area contributed by atoms with E-state index in [-0.39, 0.29) is 11.6 Å². The van der Waals surface area contributed by atoms with E-state index >= 15 is 0 Å². The van der Waals surface area contributed by atoms with Crippen molar-refractivity contribution in [3.8, 4) is 0 Å². The van der Waals surface area contributed by atoms with Crippen LogP contribution in [0.2, 0.25) is 0 Å². The van der Waals surface area contributed by atoms with Gasteiger partial charge in [-0.05, 0) is 45.2 Å². The van der Waals surface area contributed by atoms with Gasteiger partial charge in [-0.25, -0.2) is 0 Å². The Bertz CT molecular complexity index is 333. The smallest absolute Gasteiger partial charge is 0.243 e. The summed E-state index contributed by atoms with van der Waals surface area (Å²) in [5.41, 5.74) is -0.154. The minimum atomic E-state index is -0.154. The first-order valence-electron chi connectivity index (χ1n) is 7.83. The molecule has 2 saturated heterocycles. The second kappa shape index (κ2) is 5.41. The summed E-state index contributed by atoms with van der Waals surface area (Å²) in [4.78, 5) is 17.6. The van der Waals surface area contributed by atoms with Gasteiger partial charge in [-0.3, -0.25) is 9.69 Å². The number of hydrogen-bond acceptors (Lipinski definition) is 3. The Kier molecular flexibility index (Phi) is 3.81. The highest BCUT2D eigenvalue weighted by Gasteiger charge is 2.49. The maximum atomic E-state index is 13.0. The van der Waals surface area contributed by atoms with Gasteiger partial charge in [-0.2, -0.15) is 0 Å². The zero-order valence-corrected chi connectivity index (χ0v) is 12.1. The van der Waals surface area contributed by atoms with E-state index in [1.165, 1.54) is 25.7 Å². The minimum absolute atomic E-state index is 0.154. The Balaban J connectivity index is 1.74. The molecular formula is C15H26N2O2. The van der Waals surface area contributed by atoms with Crippen molar-refractivity contribution in [2.45, 2.75) is 56.6 Å². The van der Waals surface area contributed by atoms with Gasteiger partial charge in [0.2, 0.25) is 5.91 Å². The molecule has 0 aromatic carbocycles. The van der Waals surface area contributed by atoms with E-state index in [1.807, 2.05) is 0 Å². The first-order valence-corrected chi connectivity index (χ1v) is 7.83. The Morgan fingerprint density at radius 2 is 1.79 bits per heavy atom. The molecule has 2 aliphatic heterocycles. The van der Waals surface area contributed by atoms with E-state index in [0.29, 0.717) is 5.91 Å². The third-order valence-electron chi connectivity index (χ3n) is 5.31. The largest absolute Gasteiger partial charge is 0.380 e. The normalized spacial score (nSPS) is 31.2. The fraction of sp³-hybridized carbons (Fsp3) is 0.933. The standard InChI is InChI=1S/C15H26N2O2/c1-19-13-6-11-16(12-13)14(18)15(7-2-3-8-15)17-9-4-5-10-17/h13H,2-12H2,1H3. The van der Waals surface area contributed by atoms with Crippen LogP contribution >= 0.6 is 0 Å². The van der Waals surface area contributed by atoms with Gasteiger partial charge in [0.1, 0.15) is 5.54 Å². The fourth-order valence-corrected chi connectivity index (χ4v) is 4.17. The summed E-state index contributed by atoms with van der Waals surface area (Å²) in [5, 5.41) is 0. The number of rotatable bonds is 3. The number of carbonyl (C=O) groups is 1. The topological polar surface area (TPSA) is 32.8 Å². The van der Waals surface area contributed by atoms with Gasteiger partial charge < -0.3 is 9.64 Å². The molecule has 0 radical (unpaired) electrons. The van der Waals surface area contributed by atoms with Crippen molar-refractivity contribution in [1.82, 2.24) is 9.80 Å². The molecule has 4 heteroatoms. The van der Waals surface area contributed by atoms with E-state index in [9.17, 15) is 4.79 Å². The van der Waals surface area contributed by atoms with Crippen molar-refractivity contribution in [3.63, 3.8) is 0 Å². The van der Waals surface area contributed by atoms with Crippen LogP contribution in [-0.2, 0) is 9.53 Å². The zero-order chi connectivity index (χ0) is 13.3. The predicted octanol–water partition coefficient (Wildman–Crippen LogP) is 1.64. The first-order chi connectivity index (χ1) is 9.26. The summed E-state index contributed by atoms with van der Waals surface area (Å²) in [7, 11) is 1.75. The van der Waals surface area contributed by atoms with Crippen molar-refractivity contribution in [3.05, 3.63) is 0 Å². The lowest BCUT2D eigenvalue weighted by Gasteiger charge is -2.40. The molecule has 1 saturated carbocycles. The Labute approximate surface area is 116 Å². The number of ether oxygens (including phenoxy) is 1. The minimum Gasteiger partial charge on any atom is -0.380 e. The van der Waals surface area contributed by atoms with Crippen LogP contribution in [0.15, 0.2) is 0 Å². The summed E-state index contributed by atoms with van der Waals surface area (Å²) >= 11 is 0. The zero-order valence-electron chi connectivity index (χ0n) is 12.1. The Morgan fingerprint density at radius 3 is 2.37 bits per heavy atom. The summed E-state index contributed by atoms with van der Waals surface area (Å²) in [6.45, 7) is 3.92. The van der Waals surface area contributed by atoms with Gasteiger partial charge in [-0.1, -0.05) is 12.8 Å². The Hall–Kier alpha value is -0.610. The molecule has 108 valence electrons. The molecule has 3 aliphatic rings.